The van der Waals surface area contributed by atoms with Gasteiger partial charge in [0.1, 0.15) is 0 Å². The summed E-state index contributed by atoms with van der Waals surface area (Å²) in [5.41, 5.74) is 0. The molecule has 0 aromatic carbocycles. The van der Waals surface area contributed by atoms with Crippen LogP contribution in [0.15, 0.2) is 0 Å². The first-order valence-electron chi connectivity index (χ1n) is 1.79. The van der Waals surface area contributed by atoms with Gasteiger partial charge in [-0.05, 0) is 0 Å². The van der Waals surface area contributed by atoms with Crippen LogP contribution in [0.1, 0.15) is 0 Å². The quantitative estimate of drug-likeness (QED) is 0.307. The summed E-state index contributed by atoms with van der Waals surface area (Å²) in [6.45, 7) is 1.63. The minimum atomic E-state index is -0.00750. The Morgan fingerprint density at radius 1 is 1.33 bits per heavy atom. The molecule has 1 aliphatic heterocycles. The molecule has 1 heterocycles. The van der Waals surface area contributed by atoms with Crippen molar-refractivity contribution >= 4 is 0 Å². The Kier molecular flexibility index (Phi) is 2.21. The zero-order valence-corrected chi connectivity index (χ0v) is 5.47. The second-order valence-corrected chi connectivity index (χ2v) is 2.81. The van der Waals surface area contributed by atoms with Gasteiger partial charge >= 0.3 is 47.3 Å². The first kappa shape index (κ1) is 4.80. The van der Waals surface area contributed by atoms with Gasteiger partial charge in [0.25, 0.3) is 0 Å². The number of ether oxygens (including phenoxy) is 1. The van der Waals surface area contributed by atoms with Crippen LogP contribution < -0.4 is 21.6 Å². The Bertz CT molecular complexity index is 24.3. The number of rotatable bonds is 0. The van der Waals surface area contributed by atoms with Gasteiger partial charge in [-0.25, -0.2) is 0 Å². The zero-order valence-electron chi connectivity index (χ0n) is 3.32. The van der Waals surface area contributed by atoms with Gasteiger partial charge in [-0.1, -0.05) is 0 Å². The van der Waals surface area contributed by atoms with E-state index >= 15 is 0 Å². The zero-order chi connectivity index (χ0) is 4.24. The number of hydrogen-bond acceptors (Lipinski definition) is 2. The van der Waals surface area contributed by atoms with E-state index in [1.165, 1.54) is 0 Å². The Morgan fingerprint density at radius 3 is 2.50 bits per heavy atom. The molecule has 0 amide bonds. The van der Waals surface area contributed by atoms with Crippen LogP contribution in [0.25, 0.3) is 0 Å². The Labute approximate surface area is 47.6 Å². The van der Waals surface area contributed by atoms with Crippen LogP contribution in [-0.2, 0) is 7.80 Å². The molecule has 0 spiro atoms. The molecule has 0 aromatic rings. The summed E-state index contributed by atoms with van der Waals surface area (Å²) in [5.74, 6) is 0. The molecule has 0 aliphatic carbocycles. The summed E-state index contributed by atoms with van der Waals surface area (Å²) >= 11 is -0.00750. The predicted octanol–water partition coefficient (Wildman–Crippen LogP) is -3.01. The molecular formula is C3H6IO2-. The van der Waals surface area contributed by atoms with Gasteiger partial charge in [-0.15, -0.1) is 0 Å². The molecule has 6 heavy (non-hydrogen) atoms. The van der Waals surface area contributed by atoms with Crippen molar-refractivity contribution < 1.29 is 29.4 Å². The molecule has 2 nitrogen and oxygen atoms in total. The van der Waals surface area contributed by atoms with E-state index in [1.807, 2.05) is 0 Å². The van der Waals surface area contributed by atoms with Crippen molar-refractivity contribution in [1.82, 2.24) is 0 Å². The van der Waals surface area contributed by atoms with Crippen molar-refractivity contribution in [3.63, 3.8) is 0 Å². The third-order valence-electron chi connectivity index (χ3n) is 0.504. The molecule has 0 N–H and O–H groups in total. The van der Waals surface area contributed by atoms with Gasteiger partial charge in [-0.2, -0.15) is 0 Å². The third kappa shape index (κ3) is 1.40. The van der Waals surface area contributed by atoms with Gasteiger partial charge in [-0.3, -0.25) is 0 Å². The number of halogens is 1. The van der Waals surface area contributed by atoms with Crippen LogP contribution in [0.2, 0.25) is 0 Å². The maximum atomic E-state index is 5.05. The van der Waals surface area contributed by atoms with Crippen LogP contribution in [0.3, 0.4) is 0 Å². The Hall–Kier alpha value is 0.650. The summed E-state index contributed by atoms with van der Waals surface area (Å²) in [5, 5.41) is 0. The first-order valence-corrected chi connectivity index (χ1v) is 4.19. The molecule has 0 saturated carbocycles. The second-order valence-electron chi connectivity index (χ2n) is 0.940. The van der Waals surface area contributed by atoms with E-state index < -0.39 is 0 Å². The van der Waals surface area contributed by atoms with E-state index in [4.69, 9.17) is 7.80 Å². The van der Waals surface area contributed by atoms with E-state index in [1.54, 1.807) is 0 Å². The monoisotopic (exact) mass is 201 g/mol. The van der Waals surface area contributed by atoms with Crippen molar-refractivity contribution in [2.75, 3.05) is 17.8 Å². The summed E-state index contributed by atoms with van der Waals surface area (Å²) in [4.78, 5) is 0. The SMILES string of the molecule is C1CO[I-]CO1. The predicted molar refractivity (Wildman–Crippen MR) is 16.8 cm³/mol. The molecule has 38 valence electrons. The van der Waals surface area contributed by atoms with Crippen molar-refractivity contribution in [2.24, 2.45) is 0 Å². The topological polar surface area (TPSA) is 18.5 Å². The molecule has 0 aromatic heterocycles. The van der Waals surface area contributed by atoms with Crippen molar-refractivity contribution in [2.45, 2.75) is 0 Å². The molecule has 1 saturated heterocycles. The third-order valence-corrected chi connectivity index (χ3v) is 2.08. The summed E-state index contributed by atoms with van der Waals surface area (Å²) in [6, 6.07) is 0. The van der Waals surface area contributed by atoms with Gasteiger partial charge in [0.15, 0.2) is 0 Å². The molecule has 1 rings (SSSR count). The fourth-order valence-electron chi connectivity index (χ4n) is 0.263. The molecule has 3 heteroatoms. The van der Waals surface area contributed by atoms with Gasteiger partial charge in [0, 0.05) is 0 Å². The standard InChI is InChI=1S/C3H6IO2/c1-2-6-4-3-5-1/h1-3H2/q-1. The summed E-state index contributed by atoms with van der Waals surface area (Å²) in [7, 11) is 0. The fraction of sp³-hybridized carbons (Fsp3) is 1.00. The van der Waals surface area contributed by atoms with E-state index in [9.17, 15) is 0 Å². The minimum absolute atomic E-state index is 0.00750. The van der Waals surface area contributed by atoms with Crippen LogP contribution in [0.4, 0.5) is 0 Å². The molecule has 0 unspecified atom stereocenters. The Balaban J connectivity index is 2.00. The van der Waals surface area contributed by atoms with Gasteiger partial charge < -0.3 is 0 Å². The average molecular weight is 201 g/mol. The van der Waals surface area contributed by atoms with Crippen LogP contribution in [0, 0.1) is 0 Å². The normalized spacial score (nSPS) is 25.3. The molecule has 1 fully saturated rings. The molecule has 0 radical (unpaired) electrons. The van der Waals surface area contributed by atoms with E-state index in [2.05, 4.69) is 0 Å². The molecular weight excluding hydrogens is 195 g/mol. The first-order chi connectivity index (χ1) is 3.00. The number of alkyl halides is 1. The number of hydrogen-bond donors (Lipinski definition) is 0. The van der Waals surface area contributed by atoms with E-state index in [0.29, 0.717) is 0 Å². The summed E-state index contributed by atoms with van der Waals surface area (Å²) < 4.78 is 10.9. The van der Waals surface area contributed by atoms with Gasteiger partial charge in [0.05, 0.1) is 0 Å². The van der Waals surface area contributed by atoms with E-state index in [0.717, 1.165) is 17.8 Å². The van der Waals surface area contributed by atoms with Crippen molar-refractivity contribution in [3.05, 3.63) is 0 Å². The molecule has 1 aliphatic rings. The van der Waals surface area contributed by atoms with Crippen LogP contribution >= 0.6 is 0 Å². The summed E-state index contributed by atoms with van der Waals surface area (Å²) in [6.07, 6.45) is 0. The second kappa shape index (κ2) is 2.76. The van der Waals surface area contributed by atoms with E-state index in [-0.39, 0.29) is 21.6 Å². The fourth-order valence-corrected chi connectivity index (χ4v) is 1.42. The van der Waals surface area contributed by atoms with Crippen LogP contribution in [0.5, 0.6) is 0 Å². The van der Waals surface area contributed by atoms with Gasteiger partial charge in [0.2, 0.25) is 0 Å². The molecule has 0 bridgehead atoms. The molecule has 0 atom stereocenters. The Morgan fingerprint density at radius 2 is 2.33 bits per heavy atom. The van der Waals surface area contributed by atoms with Crippen molar-refractivity contribution in [3.8, 4) is 0 Å². The van der Waals surface area contributed by atoms with Crippen LogP contribution in [-0.4, -0.2) is 17.8 Å². The maximum absolute atomic E-state index is 5.05. The van der Waals surface area contributed by atoms with Crippen molar-refractivity contribution in [1.29, 1.82) is 0 Å². The average Bonchev–Trinajstić information content (AvgIpc) is 1.72.